The third-order valence-electron chi connectivity index (χ3n) is 2.82. The van der Waals surface area contributed by atoms with Crippen LogP contribution in [0.25, 0.3) is 0 Å². The first-order valence-corrected chi connectivity index (χ1v) is 5.77. The predicted molar refractivity (Wildman–Crippen MR) is 62.3 cm³/mol. The van der Waals surface area contributed by atoms with Crippen molar-refractivity contribution in [3.63, 3.8) is 0 Å². The summed E-state index contributed by atoms with van der Waals surface area (Å²) in [5.41, 5.74) is -0.150. The van der Waals surface area contributed by atoms with Crippen molar-refractivity contribution >= 4 is 11.6 Å². The summed E-state index contributed by atoms with van der Waals surface area (Å²) in [5, 5.41) is 23.2. The molecule has 1 aromatic heterocycles. The Labute approximate surface area is 108 Å². The van der Waals surface area contributed by atoms with Gasteiger partial charge in [0.2, 0.25) is 5.91 Å². The average molecular weight is 270 g/mol. The monoisotopic (exact) mass is 270 g/mol. The molecule has 1 amide bonds. The first-order chi connectivity index (χ1) is 9.10. The molecule has 0 radical (unpaired) electrons. The van der Waals surface area contributed by atoms with E-state index in [2.05, 4.69) is 5.10 Å². The Hall–Kier alpha value is -2.00. The highest BCUT2D eigenvalue weighted by Gasteiger charge is 2.24. The second-order valence-electron chi connectivity index (χ2n) is 4.17. The smallest absolute Gasteiger partial charge is 0.307 e. The van der Waals surface area contributed by atoms with Crippen molar-refractivity contribution in [1.82, 2.24) is 14.7 Å². The number of morpholine rings is 1. The van der Waals surface area contributed by atoms with Crippen LogP contribution in [0, 0.1) is 10.1 Å². The van der Waals surface area contributed by atoms with Crippen LogP contribution in [0.2, 0.25) is 0 Å². The third kappa shape index (κ3) is 3.26. The standard InChI is InChI=1S/C10H14N4O5/c15-7-9-5-12(1-2-19-9)10(16)6-13-4-8(3-11-13)14(17)18/h3-4,9,15H,1-2,5-7H2. The number of carbonyl (C=O) groups excluding carboxylic acids is 1. The molecule has 9 heteroatoms. The number of nitro groups is 1. The van der Waals surface area contributed by atoms with Crippen LogP contribution >= 0.6 is 0 Å². The van der Waals surface area contributed by atoms with Gasteiger partial charge in [0.05, 0.1) is 24.2 Å². The van der Waals surface area contributed by atoms with Gasteiger partial charge in [-0.25, -0.2) is 0 Å². The first-order valence-electron chi connectivity index (χ1n) is 5.77. The molecule has 1 atom stereocenters. The van der Waals surface area contributed by atoms with E-state index in [1.165, 1.54) is 10.9 Å². The van der Waals surface area contributed by atoms with Crippen molar-refractivity contribution in [3.8, 4) is 0 Å². The fraction of sp³-hybridized carbons (Fsp3) is 0.600. The lowest BCUT2D eigenvalue weighted by atomic mass is 10.3. The number of hydrogen-bond acceptors (Lipinski definition) is 6. The summed E-state index contributed by atoms with van der Waals surface area (Å²) in [6.07, 6.45) is 1.94. The van der Waals surface area contributed by atoms with E-state index in [9.17, 15) is 14.9 Å². The normalized spacial score (nSPS) is 19.4. The molecule has 1 aliphatic rings. The average Bonchev–Trinajstić information content (AvgIpc) is 2.87. The van der Waals surface area contributed by atoms with E-state index >= 15 is 0 Å². The lowest BCUT2D eigenvalue weighted by molar-refractivity contribution is -0.385. The molecule has 1 unspecified atom stereocenters. The van der Waals surface area contributed by atoms with E-state index in [-0.39, 0.29) is 30.9 Å². The summed E-state index contributed by atoms with van der Waals surface area (Å²) < 4.78 is 6.46. The summed E-state index contributed by atoms with van der Waals surface area (Å²) >= 11 is 0. The zero-order valence-electron chi connectivity index (χ0n) is 10.1. The molecule has 1 fully saturated rings. The number of amides is 1. The fourth-order valence-electron chi connectivity index (χ4n) is 1.83. The molecular formula is C10H14N4O5. The van der Waals surface area contributed by atoms with Crippen LogP contribution < -0.4 is 0 Å². The van der Waals surface area contributed by atoms with Gasteiger partial charge in [-0.2, -0.15) is 5.10 Å². The maximum absolute atomic E-state index is 12.0. The first kappa shape index (κ1) is 13.4. The van der Waals surface area contributed by atoms with Crippen molar-refractivity contribution in [2.75, 3.05) is 26.3 Å². The number of ether oxygens (including phenoxy) is 1. The maximum Gasteiger partial charge on any atom is 0.307 e. The van der Waals surface area contributed by atoms with Crippen molar-refractivity contribution in [2.45, 2.75) is 12.6 Å². The van der Waals surface area contributed by atoms with Crippen LogP contribution in [0.3, 0.4) is 0 Å². The lowest BCUT2D eigenvalue weighted by Crippen LogP contribution is -2.47. The molecule has 1 N–H and O–H groups in total. The Bertz CT molecular complexity index is 474. The van der Waals surface area contributed by atoms with E-state index in [0.29, 0.717) is 19.7 Å². The molecule has 0 bridgehead atoms. The number of rotatable bonds is 4. The highest BCUT2D eigenvalue weighted by Crippen LogP contribution is 2.09. The van der Waals surface area contributed by atoms with E-state index in [0.717, 1.165) is 6.20 Å². The molecule has 104 valence electrons. The molecule has 9 nitrogen and oxygen atoms in total. The number of carbonyl (C=O) groups is 1. The summed E-state index contributed by atoms with van der Waals surface area (Å²) in [6.45, 7) is 0.927. The molecule has 0 saturated carbocycles. The highest BCUT2D eigenvalue weighted by molar-refractivity contribution is 5.76. The van der Waals surface area contributed by atoms with E-state index in [4.69, 9.17) is 9.84 Å². The fourth-order valence-corrected chi connectivity index (χ4v) is 1.83. The number of aliphatic hydroxyl groups excluding tert-OH is 1. The maximum atomic E-state index is 12.0. The molecule has 1 aromatic rings. The van der Waals surface area contributed by atoms with Gasteiger partial charge in [-0.1, -0.05) is 0 Å². The van der Waals surface area contributed by atoms with Crippen LogP contribution in [-0.2, 0) is 16.1 Å². The number of nitrogens with zero attached hydrogens (tertiary/aromatic N) is 4. The molecule has 0 aliphatic carbocycles. The minimum atomic E-state index is -0.565. The molecule has 2 rings (SSSR count). The summed E-state index contributed by atoms with van der Waals surface area (Å²) in [4.78, 5) is 23.5. The second kappa shape index (κ2) is 5.76. The van der Waals surface area contributed by atoms with Crippen LogP contribution in [0.15, 0.2) is 12.4 Å². The van der Waals surface area contributed by atoms with Crippen molar-refractivity contribution in [2.24, 2.45) is 0 Å². The van der Waals surface area contributed by atoms with Gasteiger partial charge in [0.15, 0.2) is 0 Å². The number of hydrogen-bond donors (Lipinski definition) is 1. The predicted octanol–water partition coefficient (Wildman–Crippen LogP) is -0.989. The largest absolute Gasteiger partial charge is 0.394 e. The Morgan fingerprint density at radius 3 is 3.11 bits per heavy atom. The van der Waals surface area contributed by atoms with E-state index in [1.54, 1.807) is 4.90 Å². The van der Waals surface area contributed by atoms with Gasteiger partial charge < -0.3 is 14.7 Å². The SMILES string of the molecule is O=C(Cn1cc([N+](=O)[O-])cn1)N1CCOC(CO)C1. The number of aliphatic hydroxyl groups is 1. The summed E-state index contributed by atoms with van der Waals surface area (Å²) in [5.74, 6) is -0.209. The zero-order chi connectivity index (χ0) is 13.8. The van der Waals surface area contributed by atoms with Gasteiger partial charge in [0.1, 0.15) is 18.9 Å². The van der Waals surface area contributed by atoms with Gasteiger partial charge in [-0.15, -0.1) is 0 Å². The van der Waals surface area contributed by atoms with Crippen LogP contribution in [0.5, 0.6) is 0 Å². The van der Waals surface area contributed by atoms with Gasteiger partial charge in [-0.3, -0.25) is 19.6 Å². The van der Waals surface area contributed by atoms with Gasteiger partial charge in [0, 0.05) is 13.1 Å². The quantitative estimate of drug-likeness (QED) is 0.555. The van der Waals surface area contributed by atoms with Crippen LogP contribution in [0.4, 0.5) is 5.69 Å². The van der Waals surface area contributed by atoms with Crippen molar-refractivity contribution in [3.05, 3.63) is 22.5 Å². The molecular weight excluding hydrogens is 256 g/mol. The Morgan fingerprint density at radius 1 is 1.68 bits per heavy atom. The molecule has 19 heavy (non-hydrogen) atoms. The van der Waals surface area contributed by atoms with Crippen molar-refractivity contribution in [1.29, 1.82) is 0 Å². The van der Waals surface area contributed by atoms with Crippen LogP contribution in [-0.4, -0.2) is 63.0 Å². The third-order valence-corrected chi connectivity index (χ3v) is 2.82. The zero-order valence-corrected chi connectivity index (χ0v) is 10.1. The molecule has 1 saturated heterocycles. The second-order valence-corrected chi connectivity index (χ2v) is 4.17. The van der Waals surface area contributed by atoms with Gasteiger partial charge in [0.25, 0.3) is 0 Å². The Morgan fingerprint density at radius 2 is 2.47 bits per heavy atom. The van der Waals surface area contributed by atoms with Gasteiger partial charge >= 0.3 is 5.69 Å². The Kier molecular flexibility index (Phi) is 4.07. The van der Waals surface area contributed by atoms with Crippen molar-refractivity contribution < 1.29 is 19.6 Å². The Balaban J connectivity index is 1.94. The van der Waals surface area contributed by atoms with E-state index < -0.39 is 4.92 Å². The molecule has 0 spiro atoms. The molecule has 2 heterocycles. The minimum absolute atomic E-state index is 0.0635. The topological polar surface area (TPSA) is 111 Å². The summed E-state index contributed by atoms with van der Waals surface area (Å²) in [7, 11) is 0. The number of aromatic nitrogens is 2. The molecule has 1 aliphatic heterocycles. The van der Waals surface area contributed by atoms with E-state index in [1.807, 2.05) is 0 Å². The summed E-state index contributed by atoms with van der Waals surface area (Å²) in [6, 6.07) is 0. The van der Waals surface area contributed by atoms with Gasteiger partial charge in [-0.05, 0) is 0 Å². The lowest BCUT2D eigenvalue weighted by Gasteiger charge is -2.32. The molecule has 0 aromatic carbocycles. The highest BCUT2D eigenvalue weighted by atomic mass is 16.6. The minimum Gasteiger partial charge on any atom is -0.394 e. The van der Waals surface area contributed by atoms with Crippen LogP contribution in [0.1, 0.15) is 0 Å².